The lowest BCUT2D eigenvalue weighted by Gasteiger charge is -2.23. The summed E-state index contributed by atoms with van der Waals surface area (Å²) in [7, 11) is 0. The van der Waals surface area contributed by atoms with Crippen molar-refractivity contribution in [2.75, 3.05) is 39.3 Å². The first-order chi connectivity index (χ1) is 10.7. The van der Waals surface area contributed by atoms with Crippen LogP contribution >= 0.6 is 0 Å². The van der Waals surface area contributed by atoms with Gasteiger partial charge >= 0.3 is 6.09 Å². The molecule has 1 saturated heterocycles. The lowest BCUT2D eigenvalue weighted by molar-refractivity contribution is 0.102. The van der Waals surface area contributed by atoms with Gasteiger partial charge in [-0.15, -0.1) is 0 Å². The van der Waals surface area contributed by atoms with Gasteiger partial charge in [0.15, 0.2) is 0 Å². The van der Waals surface area contributed by atoms with Crippen molar-refractivity contribution in [3.63, 3.8) is 0 Å². The number of amides is 1. The number of ether oxygens (including phenoxy) is 1. The van der Waals surface area contributed by atoms with E-state index in [1.807, 2.05) is 35.2 Å². The van der Waals surface area contributed by atoms with E-state index in [2.05, 4.69) is 11.8 Å². The zero-order valence-electron chi connectivity index (χ0n) is 13.4. The van der Waals surface area contributed by atoms with Gasteiger partial charge in [0, 0.05) is 32.7 Å². The van der Waals surface area contributed by atoms with E-state index in [0.717, 1.165) is 44.7 Å². The Kier molecular flexibility index (Phi) is 6.68. The van der Waals surface area contributed by atoms with E-state index in [0.29, 0.717) is 19.1 Å². The maximum atomic E-state index is 12.1. The minimum Gasteiger partial charge on any atom is -0.445 e. The minimum absolute atomic E-state index is 0.201. The summed E-state index contributed by atoms with van der Waals surface area (Å²) in [4.78, 5) is 16.3. The standard InChI is InChI=1S/C17H27N3O2/c1-2-19(11-9-18)12-16-8-10-20(13-16)17(21)22-14-15-6-4-3-5-7-15/h3-7,16H,2,8-14,18H2,1H3/t16-/m1/s1. The highest BCUT2D eigenvalue weighted by molar-refractivity contribution is 5.68. The van der Waals surface area contributed by atoms with Gasteiger partial charge in [0.2, 0.25) is 0 Å². The van der Waals surface area contributed by atoms with Crippen LogP contribution in [-0.2, 0) is 11.3 Å². The summed E-state index contributed by atoms with van der Waals surface area (Å²) in [5.41, 5.74) is 6.64. The molecule has 0 aromatic heterocycles. The molecule has 1 fully saturated rings. The Morgan fingerprint density at radius 2 is 2.18 bits per heavy atom. The Hall–Kier alpha value is -1.59. The molecule has 0 bridgehead atoms. The molecule has 0 saturated carbocycles. The SMILES string of the molecule is CCN(CCN)C[C@H]1CCN(C(=O)OCc2ccccc2)C1. The number of nitrogens with zero attached hydrogens (tertiary/aromatic N) is 2. The summed E-state index contributed by atoms with van der Waals surface area (Å²) in [6, 6.07) is 9.78. The zero-order valence-corrected chi connectivity index (χ0v) is 13.4. The predicted octanol–water partition coefficient (Wildman–Crippen LogP) is 1.93. The second-order valence-corrected chi connectivity index (χ2v) is 5.82. The molecule has 0 spiro atoms. The van der Waals surface area contributed by atoms with Gasteiger partial charge in [0.1, 0.15) is 6.61 Å². The molecule has 0 aliphatic carbocycles. The van der Waals surface area contributed by atoms with Crippen LogP contribution in [0, 0.1) is 5.92 Å². The molecule has 1 amide bonds. The molecule has 0 unspecified atom stereocenters. The number of nitrogens with two attached hydrogens (primary N) is 1. The maximum Gasteiger partial charge on any atom is 0.410 e. The van der Waals surface area contributed by atoms with E-state index in [1.165, 1.54) is 0 Å². The highest BCUT2D eigenvalue weighted by atomic mass is 16.6. The van der Waals surface area contributed by atoms with Gasteiger partial charge in [0.05, 0.1) is 0 Å². The van der Waals surface area contributed by atoms with Crippen molar-refractivity contribution in [3.05, 3.63) is 35.9 Å². The molecule has 1 aromatic carbocycles. The van der Waals surface area contributed by atoms with Crippen LogP contribution in [0.2, 0.25) is 0 Å². The number of carbonyl (C=O) groups is 1. The number of hydrogen-bond donors (Lipinski definition) is 1. The van der Waals surface area contributed by atoms with Gasteiger partial charge in [-0.3, -0.25) is 0 Å². The molecule has 1 aromatic rings. The summed E-state index contributed by atoms with van der Waals surface area (Å²) in [5, 5.41) is 0. The monoisotopic (exact) mass is 305 g/mol. The Morgan fingerprint density at radius 1 is 1.41 bits per heavy atom. The van der Waals surface area contributed by atoms with Crippen LogP contribution in [0.4, 0.5) is 4.79 Å². The molecule has 1 heterocycles. The first kappa shape index (κ1) is 16.8. The number of likely N-dealkylation sites (N-methyl/N-ethyl adjacent to an activating group) is 1. The summed E-state index contributed by atoms with van der Waals surface area (Å²) in [6.07, 6.45) is 0.842. The number of carbonyl (C=O) groups excluding carboxylic acids is 1. The van der Waals surface area contributed by atoms with Gasteiger partial charge < -0.3 is 20.3 Å². The smallest absolute Gasteiger partial charge is 0.410 e. The summed E-state index contributed by atoms with van der Waals surface area (Å²) in [5.74, 6) is 0.524. The molecule has 1 atom stereocenters. The van der Waals surface area contributed by atoms with Crippen molar-refractivity contribution in [1.29, 1.82) is 0 Å². The van der Waals surface area contributed by atoms with Crippen LogP contribution in [0.5, 0.6) is 0 Å². The second-order valence-electron chi connectivity index (χ2n) is 5.82. The Labute approximate surface area is 133 Å². The molecule has 122 valence electrons. The number of rotatable bonds is 7. The Bertz CT molecular complexity index is 452. The Morgan fingerprint density at radius 3 is 2.86 bits per heavy atom. The average Bonchev–Trinajstić information content (AvgIpc) is 3.02. The van der Waals surface area contributed by atoms with Crippen molar-refractivity contribution >= 4 is 6.09 Å². The molecule has 5 nitrogen and oxygen atoms in total. The van der Waals surface area contributed by atoms with Gasteiger partial charge in [0.25, 0.3) is 0 Å². The lowest BCUT2D eigenvalue weighted by atomic mass is 10.1. The molecular weight excluding hydrogens is 278 g/mol. The van der Waals surface area contributed by atoms with Crippen LogP contribution in [0.3, 0.4) is 0 Å². The van der Waals surface area contributed by atoms with E-state index >= 15 is 0 Å². The average molecular weight is 305 g/mol. The van der Waals surface area contributed by atoms with Crippen molar-refractivity contribution in [1.82, 2.24) is 9.80 Å². The second kappa shape index (κ2) is 8.76. The molecule has 1 aliphatic heterocycles. The molecule has 2 N–H and O–H groups in total. The minimum atomic E-state index is -0.201. The van der Waals surface area contributed by atoms with Gasteiger partial charge in [-0.25, -0.2) is 4.79 Å². The van der Waals surface area contributed by atoms with Crippen molar-refractivity contribution < 1.29 is 9.53 Å². The van der Waals surface area contributed by atoms with Crippen molar-refractivity contribution in [2.24, 2.45) is 11.7 Å². The molecule has 1 aliphatic rings. The van der Waals surface area contributed by atoms with Crippen LogP contribution in [0.1, 0.15) is 18.9 Å². The van der Waals surface area contributed by atoms with Crippen LogP contribution in [0.25, 0.3) is 0 Å². The summed E-state index contributed by atoms with van der Waals surface area (Å²) in [6.45, 7) is 7.69. The highest BCUT2D eigenvalue weighted by Gasteiger charge is 2.28. The molecule has 22 heavy (non-hydrogen) atoms. The summed E-state index contributed by atoms with van der Waals surface area (Å²) < 4.78 is 5.39. The topological polar surface area (TPSA) is 58.8 Å². The Balaban J connectivity index is 1.73. The van der Waals surface area contributed by atoms with Crippen LogP contribution < -0.4 is 5.73 Å². The fourth-order valence-electron chi connectivity index (χ4n) is 2.88. The fourth-order valence-corrected chi connectivity index (χ4v) is 2.88. The highest BCUT2D eigenvalue weighted by Crippen LogP contribution is 2.18. The van der Waals surface area contributed by atoms with Crippen molar-refractivity contribution in [2.45, 2.75) is 20.0 Å². The molecule has 5 heteroatoms. The molecular formula is C17H27N3O2. The molecule has 2 rings (SSSR count). The number of likely N-dealkylation sites (tertiary alicyclic amines) is 1. The maximum absolute atomic E-state index is 12.1. The number of benzene rings is 1. The van der Waals surface area contributed by atoms with Crippen LogP contribution in [0.15, 0.2) is 30.3 Å². The van der Waals surface area contributed by atoms with Gasteiger partial charge in [-0.05, 0) is 24.4 Å². The molecule has 0 radical (unpaired) electrons. The van der Waals surface area contributed by atoms with E-state index in [1.54, 1.807) is 0 Å². The third kappa shape index (κ3) is 5.00. The first-order valence-electron chi connectivity index (χ1n) is 8.11. The number of hydrogen-bond acceptors (Lipinski definition) is 4. The third-order valence-corrected chi connectivity index (χ3v) is 4.16. The lowest BCUT2D eigenvalue weighted by Crippen LogP contribution is -2.35. The largest absolute Gasteiger partial charge is 0.445 e. The first-order valence-corrected chi connectivity index (χ1v) is 8.11. The predicted molar refractivity (Wildman–Crippen MR) is 87.5 cm³/mol. The van der Waals surface area contributed by atoms with E-state index in [-0.39, 0.29) is 6.09 Å². The van der Waals surface area contributed by atoms with Gasteiger partial charge in [-0.2, -0.15) is 0 Å². The van der Waals surface area contributed by atoms with Crippen LogP contribution in [-0.4, -0.2) is 55.2 Å². The third-order valence-electron chi connectivity index (χ3n) is 4.16. The van der Waals surface area contributed by atoms with E-state index in [9.17, 15) is 4.79 Å². The van der Waals surface area contributed by atoms with E-state index in [4.69, 9.17) is 10.5 Å². The van der Waals surface area contributed by atoms with Gasteiger partial charge in [-0.1, -0.05) is 37.3 Å². The van der Waals surface area contributed by atoms with Crippen molar-refractivity contribution in [3.8, 4) is 0 Å². The van der Waals surface area contributed by atoms with E-state index < -0.39 is 0 Å². The fraction of sp³-hybridized carbons (Fsp3) is 0.588. The summed E-state index contributed by atoms with van der Waals surface area (Å²) >= 11 is 0. The normalized spacial score (nSPS) is 18.0. The quantitative estimate of drug-likeness (QED) is 0.836. The zero-order chi connectivity index (χ0) is 15.8.